The lowest BCUT2D eigenvalue weighted by Gasteiger charge is -2.28. The van der Waals surface area contributed by atoms with E-state index in [1.807, 2.05) is 74.4 Å². The van der Waals surface area contributed by atoms with Crippen LogP contribution in [0.3, 0.4) is 0 Å². The summed E-state index contributed by atoms with van der Waals surface area (Å²) in [6.45, 7) is 2.21. The highest BCUT2D eigenvalue weighted by molar-refractivity contribution is 7.91. The number of ether oxygens (including phenoxy) is 1. The van der Waals surface area contributed by atoms with Crippen LogP contribution in [0.5, 0.6) is 5.75 Å². The summed E-state index contributed by atoms with van der Waals surface area (Å²) in [4.78, 5) is 16.6. The number of anilines is 1. The maximum absolute atomic E-state index is 13.0. The number of sulfone groups is 1. The maximum Gasteiger partial charge on any atom is 0.261 e. The Balaban J connectivity index is 1.74. The number of amides is 1. The number of rotatable bonds is 7. The van der Waals surface area contributed by atoms with E-state index in [4.69, 9.17) is 4.74 Å². The van der Waals surface area contributed by atoms with Crippen molar-refractivity contribution in [2.75, 3.05) is 37.1 Å². The normalized spacial score (nSPS) is 17.7. The molecule has 0 spiro atoms. The Bertz CT molecular complexity index is 955. The van der Waals surface area contributed by atoms with Gasteiger partial charge in [-0.05, 0) is 48.7 Å². The second-order valence-corrected chi connectivity index (χ2v) is 9.97. The van der Waals surface area contributed by atoms with E-state index in [9.17, 15) is 13.2 Å². The van der Waals surface area contributed by atoms with Gasteiger partial charge in [-0.25, -0.2) is 8.42 Å². The van der Waals surface area contributed by atoms with E-state index < -0.39 is 9.84 Å². The van der Waals surface area contributed by atoms with Gasteiger partial charge in [0, 0.05) is 32.4 Å². The molecule has 7 heteroatoms. The van der Waals surface area contributed by atoms with Crippen LogP contribution in [0.2, 0.25) is 0 Å². The summed E-state index contributed by atoms with van der Waals surface area (Å²) in [6, 6.07) is 15.1. The van der Waals surface area contributed by atoms with Gasteiger partial charge in [-0.3, -0.25) is 4.79 Å². The standard InChI is InChI=1S/C22H28N2O4S/c1-17-5-4-6-21(13-17)28-15-22(25)24(20-11-12-29(26,27)16-20)14-18-7-9-19(10-8-18)23(2)3/h4-10,13,20H,11-12,14-16H2,1-3H3/t20-/m0/s1. The van der Waals surface area contributed by atoms with Crippen LogP contribution in [-0.4, -0.2) is 57.5 Å². The van der Waals surface area contributed by atoms with E-state index in [1.54, 1.807) is 4.90 Å². The fourth-order valence-corrected chi connectivity index (χ4v) is 5.20. The smallest absolute Gasteiger partial charge is 0.261 e. The molecule has 1 atom stereocenters. The lowest BCUT2D eigenvalue weighted by Crippen LogP contribution is -2.43. The summed E-state index contributed by atoms with van der Waals surface area (Å²) < 4.78 is 29.6. The molecule has 3 rings (SSSR count). The van der Waals surface area contributed by atoms with Crippen molar-refractivity contribution in [3.63, 3.8) is 0 Å². The topological polar surface area (TPSA) is 66.9 Å². The van der Waals surface area contributed by atoms with E-state index in [0.29, 0.717) is 18.7 Å². The molecule has 0 unspecified atom stereocenters. The Morgan fingerprint density at radius 3 is 2.45 bits per heavy atom. The van der Waals surface area contributed by atoms with Gasteiger partial charge in [-0.1, -0.05) is 24.3 Å². The van der Waals surface area contributed by atoms with Crippen LogP contribution in [0.15, 0.2) is 48.5 Å². The Hall–Kier alpha value is -2.54. The van der Waals surface area contributed by atoms with Gasteiger partial charge in [-0.2, -0.15) is 0 Å². The van der Waals surface area contributed by atoms with E-state index in [1.165, 1.54) is 0 Å². The average molecular weight is 417 g/mol. The number of aryl methyl sites for hydroxylation is 1. The Labute approximate surface area is 173 Å². The molecule has 1 heterocycles. The first-order chi connectivity index (χ1) is 13.7. The summed E-state index contributed by atoms with van der Waals surface area (Å²) in [7, 11) is 0.840. The monoisotopic (exact) mass is 416 g/mol. The third-order valence-corrected chi connectivity index (χ3v) is 6.88. The second kappa shape index (κ2) is 8.86. The fraction of sp³-hybridized carbons (Fsp3) is 0.409. The number of nitrogens with zero attached hydrogens (tertiary/aromatic N) is 2. The van der Waals surface area contributed by atoms with E-state index >= 15 is 0 Å². The van der Waals surface area contributed by atoms with Crippen LogP contribution in [0, 0.1) is 6.92 Å². The van der Waals surface area contributed by atoms with Crippen molar-refractivity contribution in [3.05, 3.63) is 59.7 Å². The van der Waals surface area contributed by atoms with Crippen molar-refractivity contribution in [2.24, 2.45) is 0 Å². The van der Waals surface area contributed by atoms with Crippen LogP contribution in [0.1, 0.15) is 17.5 Å². The van der Waals surface area contributed by atoms with Crippen LogP contribution < -0.4 is 9.64 Å². The predicted octanol–water partition coefficient (Wildman–Crippen LogP) is 2.66. The molecule has 0 aliphatic carbocycles. The lowest BCUT2D eigenvalue weighted by molar-refractivity contribution is -0.136. The zero-order chi connectivity index (χ0) is 21.0. The first kappa shape index (κ1) is 21.2. The van der Waals surface area contributed by atoms with Crippen molar-refractivity contribution in [3.8, 4) is 5.75 Å². The third kappa shape index (κ3) is 5.73. The zero-order valence-electron chi connectivity index (χ0n) is 17.2. The lowest BCUT2D eigenvalue weighted by atomic mass is 10.1. The van der Waals surface area contributed by atoms with Crippen LogP contribution in [0.25, 0.3) is 0 Å². The van der Waals surface area contributed by atoms with E-state index in [2.05, 4.69) is 0 Å². The summed E-state index contributed by atoms with van der Waals surface area (Å²) in [5.74, 6) is 0.566. The highest BCUT2D eigenvalue weighted by Crippen LogP contribution is 2.22. The molecule has 156 valence electrons. The number of hydrogen-bond acceptors (Lipinski definition) is 5. The van der Waals surface area contributed by atoms with Gasteiger partial charge < -0.3 is 14.5 Å². The molecule has 1 aliphatic heterocycles. The van der Waals surface area contributed by atoms with Crippen molar-refractivity contribution in [1.29, 1.82) is 0 Å². The predicted molar refractivity (Wildman–Crippen MR) is 115 cm³/mol. The number of hydrogen-bond donors (Lipinski definition) is 0. The Kier molecular flexibility index (Phi) is 6.47. The van der Waals surface area contributed by atoms with Gasteiger partial charge in [0.25, 0.3) is 5.91 Å². The molecule has 29 heavy (non-hydrogen) atoms. The van der Waals surface area contributed by atoms with Gasteiger partial charge in [0.1, 0.15) is 5.75 Å². The summed E-state index contributed by atoms with van der Waals surface area (Å²) in [5.41, 5.74) is 3.08. The molecule has 1 amide bonds. The molecular weight excluding hydrogens is 388 g/mol. The minimum atomic E-state index is -3.10. The van der Waals surface area contributed by atoms with Crippen molar-refractivity contribution < 1.29 is 17.9 Å². The number of carbonyl (C=O) groups excluding carboxylic acids is 1. The molecule has 6 nitrogen and oxygen atoms in total. The maximum atomic E-state index is 13.0. The molecular formula is C22H28N2O4S. The molecule has 1 saturated heterocycles. The van der Waals surface area contributed by atoms with Crippen LogP contribution >= 0.6 is 0 Å². The van der Waals surface area contributed by atoms with Gasteiger partial charge >= 0.3 is 0 Å². The van der Waals surface area contributed by atoms with Gasteiger partial charge in [-0.15, -0.1) is 0 Å². The quantitative estimate of drug-likeness (QED) is 0.694. The highest BCUT2D eigenvalue weighted by atomic mass is 32.2. The third-order valence-electron chi connectivity index (χ3n) is 5.13. The molecule has 2 aromatic carbocycles. The van der Waals surface area contributed by atoms with Gasteiger partial charge in [0.2, 0.25) is 0 Å². The number of benzene rings is 2. The molecule has 2 aromatic rings. The number of carbonyl (C=O) groups is 1. The van der Waals surface area contributed by atoms with Crippen LogP contribution in [0.4, 0.5) is 5.69 Å². The Morgan fingerprint density at radius 2 is 1.86 bits per heavy atom. The second-order valence-electron chi connectivity index (χ2n) is 7.74. The average Bonchev–Trinajstić information content (AvgIpc) is 3.04. The SMILES string of the molecule is Cc1cccc(OCC(=O)N(Cc2ccc(N(C)C)cc2)[C@H]2CCS(=O)(=O)C2)c1. The van der Waals surface area contributed by atoms with Gasteiger partial charge in [0.15, 0.2) is 16.4 Å². The van der Waals surface area contributed by atoms with Crippen molar-refractivity contribution in [2.45, 2.75) is 25.9 Å². The van der Waals surface area contributed by atoms with E-state index in [-0.39, 0.29) is 30.1 Å². The first-order valence-corrected chi connectivity index (χ1v) is 11.5. The molecule has 0 aromatic heterocycles. The summed E-state index contributed by atoms with van der Waals surface area (Å²) in [5, 5.41) is 0. The minimum Gasteiger partial charge on any atom is -0.484 e. The Morgan fingerprint density at radius 1 is 1.14 bits per heavy atom. The van der Waals surface area contributed by atoms with Crippen molar-refractivity contribution in [1.82, 2.24) is 4.90 Å². The first-order valence-electron chi connectivity index (χ1n) is 9.69. The van der Waals surface area contributed by atoms with Crippen molar-refractivity contribution >= 4 is 21.4 Å². The molecule has 0 saturated carbocycles. The molecule has 0 bridgehead atoms. The van der Waals surface area contributed by atoms with Gasteiger partial charge in [0.05, 0.1) is 11.5 Å². The fourth-order valence-electron chi connectivity index (χ4n) is 3.47. The largest absolute Gasteiger partial charge is 0.484 e. The molecule has 0 radical (unpaired) electrons. The summed E-state index contributed by atoms with van der Waals surface area (Å²) in [6.07, 6.45) is 0.467. The molecule has 1 aliphatic rings. The minimum absolute atomic E-state index is 0.0129. The summed E-state index contributed by atoms with van der Waals surface area (Å²) >= 11 is 0. The van der Waals surface area contributed by atoms with Crippen LogP contribution in [-0.2, 0) is 21.2 Å². The van der Waals surface area contributed by atoms with E-state index in [0.717, 1.165) is 16.8 Å². The molecule has 1 fully saturated rings. The molecule has 0 N–H and O–H groups in total. The zero-order valence-corrected chi connectivity index (χ0v) is 18.0. The highest BCUT2D eigenvalue weighted by Gasteiger charge is 2.34.